The first-order valence-electron chi connectivity index (χ1n) is 8.62. The molecule has 3 heterocycles. The molecule has 0 spiro atoms. The summed E-state index contributed by atoms with van der Waals surface area (Å²) >= 11 is 1.69. The fourth-order valence-electron chi connectivity index (χ4n) is 3.42. The summed E-state index contributed by atoms with van der Waals surface area (Å²) in [6.07, 6.45) is 2.89. The molecular weight excluding hydrogens is 348 g/mol. The molecule has 1 saturated heterocycles. The molecule has 0 bridgehead atoms. The molecule has 132 valence electrons. The van der Waals surface area contributed by atoms with Crippen molar-refractivity contribution in [1.82, 2.24) is 24.9 Å². The standard InChI is InChI=1S/C18H18N6OS/c1-23-20-18(19-22-23)12-4-2-5-13(10-12)25-14-7-8-15-16(11-14)26-21-17-6-3-9-24(15)17/h2,4-5,7-8,10-11,17,21H,3,6,9H2,1H3. The van der Waals surface area contributed by atoms with Gasteiger partial charge in [0, 0.05) is 17.0 Å². The van der Waals surface area contributed by atoms with Gasteiger partial charge in [0.15, 0.2) is 0 Å². The Balaban J connectivity index is 1.40. The van der Waals surface area contributed by atoms with Crippen LogP contribution in [0.15, 0.2) is 47.4 Å². The molecule has 2 aliphatic rings. The van der Waals surface area contributed by atoms with Crippen molar-refractivity contribution in [1.29, 1.82) is 0 Å². The second kappa shape index (κ2) is 6.30. The molecule has 5 rings (SSSR count). The lowest BCUT2D eigenvalue weighted by atomic mass is 10.2. The van der Waals surface area contributed by atoms with Crippen LogP contribution in [0.25, 0.3) is 11.4 Å². The average molecular weight is 366 g/mol. The third-order valence-corrected chi connectivity index (χ3v) is 5.57. The first kappa shape index (κ1) is 15.7. The van der Waals surface area contributed by atoms with E-state index in [9.17, 15) is 0 Å². The predicted molar refractivity (Wildman–Crippen MR) is 100 cm³/mol. The minimum atomic E-state index is 0.454. The predicted octanol–water partition coefficient (Wildman–Crippen LogP) is 3.21. The first-order valence-corrected chi connectivity index (χ1v) is 9.43. The number of nitrogens with zero attached hydrogens (tertiary/aromatic N) is 5. The molecule has 3 aromatic rings. The van der Waals surface area contributed by atoms with Gasteiger partial charge in [-0.2, -0.15) is 4.80 Å². The molecule has 1 N–H and O–H groups in total. The topological polar surface area (TPSA) is 68.1 Å². The summed E-state index contributed by atoms with van der Waals surface area (Å²) in [5.41, 5.74) is 2.17. The summed E-state index contributed by atoms with van der Waals surface area (Å²) in [5, 5.41) is 12.2. The fourth-order valence-corrected chi connectivity index (χ4v) is 4.39. The molecule has 1 fully saturated rings. The van der Waals surface area contributed by atoms with Crippen LogP contribution in [-0.2, 0) is 7.05 Å². The number of benzene rings is 2. The molecule has 26 heavy (non-hydrogen) atoms. The molecule has 0 saturated carbocycles. The largest absolute Gasteiger partial charge is 0.457 e. The second-order valence-electron chi connectivity index (χ2n) is 6.43. The van der Waals surface area contributed by atoms with Crippen LogP contribution >= 0.6 is 11.9 Å². The monoisotopic (exact) mass is 366 g/mol. The van der Waals surface area contributed by atoms with E-state index in [0.29, 0.717) is 12.0 Å². The normalized spacial score (nSPS) is 18.5. The summed E-state index contributed by atoms with van der Waals surface area (Å²) in [6.45, 7) is 1.11. The lowest BCUT2D eigenvalue weighted by Gasteiger charge is -2.33. The number of rotatable bonds is 3. The molecular formula is C18H18N6OS. The highest BCUT2D eigenvalue weighted by atomic mass is 32.2. The van der Waals surface area contributed by atoms with Crippen LogP contribution < -0.4 is 14.4 Å². The summed E-state index contributed by atoms with van der Waals surface area (Å²) in [7, 11) is 1.75. The number of fused-ring (bicyclic) bond motifs is 3. The Morgan fingerprint density at radius 2 is 2.12 bits per heavy atom. The number of anilines is 1. The summed E-state index contributed by atoms with van der Waals surface area (Å²) in [4.78, 5) is 5.09. The van der Waals surface area contributed by atoms with Crippen molar-refractivity contribution in [2.75, 3.05) is 11.4 Å². The number of aryl methyl sites for hydroxylation is 1. The maximum atomic E-state index is 6.08. The number of aromatic nitrogens is 4. The van der Waals surface area contributed by atoms with E-state index in [0.717, 1.165) is 23.6 Å². The molecule has 0 radical (unpaired) electrons. The summed E-state index contributed by atoms with van der Waals surface area (Å²) in [5.74, 6) is 2.16. The third kappa shape index (κ3) is 2.81. The van der Waals surface area contributed by atoms with E-state index >= 15 is 0 Å². The van der Waals surface area contributed by atoms with E-state index in [1.807, 2.05) is 30.3 Å². The van der Waals surface area contributed by atoms with Crippen LogP contribution in [0.5, 0.6) is 11.5 Å². The van der Waals surface area contributed by atoms with Gasteiger partial charge >= 0.3 is 0 Å². The van der Waals surface area contributed by atoms with Crippen LogP contribution in [-0.4, -0.2) is 32.9 Å². The van der Waals surface area contributed by atoms with E-state index in [1.54, 1.807) is 19.0 Å². The van der Waals surface area contributed by atoms with Gasteiger partial charge in [-0.05, 0) is 60.3 Å². The van der Waals surface area contributed by atoms with E-state index in [-0.39, 0.29) is 0 Å². The van der Waals surface area contributed by atoms with Gasteiger partial charge < -0.3 is 9.64 Å². The van der Waals surface area contributed by atoms with Crippen LogP contribution in [0.2, 0.25) is 0 Å². The molecule has 2 aliphatic heterocycles. The molecule has 0 amide bonds. The van der Waals surface area contributed by atoms with Crippen molar-refractivity contribution in [2.45, 2.75) is 23.9 Å². The van der Waals surface area contributed by atoms with Gasteiger partial charge in [-0.15, -0.1) is 10.2 Å². The summed E-state index contributed by atoms with van der Waals surface area (Å²) in [6, 6.07) is 14.0. The van der Waals surface area contributed by atoms with Gasteiger partial charge in [-0.1, -0.05) is 12.1 Å². The summed E-state index contributed by atoms with van der Waals surface area (Å²) < 4.78 is 9.60. The van der Waals surface area contributed by atoms with Crippen LogP contribution in [0.4, 0.5) is 5.69 Å². The number of ether oxygens (including phenoxy) is 1. The van der Waals surface area contributed by atoms with Crippen molar-refractivity contribution in [3.63, 3.8) is 0 Å². The number of hydrogen-bond donors (Lipinski definition) is 1. The van der Waals surface area contributed by atoms with Gasteiger partial charge in [0.25, 0.3) is 0 Å². The highest BCUT2D eigenvalue weighted by molar-refractivity contribution is 7.97. The van der Waals surface area contributed by atoms with Crippen LogP contribution in [0.1, 0.15) is 12.8 Å². The number of nitrogens with one attached hydrogen (secondary N) is 1. The highest BCUT2D eigenvalue weighted by Crippen LogP contribution is 2.41. The Kier molecular flexibility index (Phi) is 3.79. The van der Waals surface area contributed by atoms with Gasteiger partial charge in [-0.3, -0.25) is 0 Å². The van der Waals surface area contributed by atoms with Crippen LogP contribution in [0, 0.1) is 0 Å². The van der Waals surface area contributed by atoms with Gasteiger partial charge in [-0.25, -0.2) is 4.72 Å². The van der Waals surface area contributed by atoms with Gasteiger partial charge in [0.05, 0.1) is 18.9 Å². The van der Waals surface area contributed by atoms with E-state index in [2.05, 4.69) is 37.2 Å². The number of hydrogen-bond acceptors (Lipinski definition) is 7. The van der Waals surface area contributed by atoms with Gasteiger partial charge in [0.1, 0.15) is 11.5 Å². The van der Waals surface area contributed by atoms with Crippen molar-refractivity contribution in [3.8, 4) is 22.9 Å². The van der Waals surface area contributed by atoms with Crippen LogP contribution in [0.3, 0.4) is 0 Å². The smallest absolute Gasteiger partial charge is 0.205 e. The van der Waals surface area contributed by atoms with Gasteiger partial charge in [0.2, 0.25) is 5.82 Å². The highest BCUT2D eigenvalue weighted by Gasteiger charge is 2.30. The lowest BCUT2D eigenvalue weighted by Crippen LogP contribution is -2.41. The molecule has 1 unspecified atom stereocenters. The fraction of sp³-hybridized carbons (Fsp3) is 0.278. The maximum absolute atomic E-state index is 6.08. The Labute approximate surface area is 155 Å². The molecule has 1 aromatic heterocycles. The van der Waals surface area contributed by atoms with E-state index in [4.69, 9.17) is 4.74 Å². The molecule has 1 atom stereocenters. The Bertz CT molecular complexity index is 958. The molecule has 0 aliphatic carbocycles. The first-order chi connectivity index (χ1) is 12.8. The minimum absolute atomic E-state index is 0.454. The SMILES string of the molecule is Cn1nnc(-c2cccc(Oc3ccc4c(c3)SNC3CCCN43)c2)n1. The third-order valence-electron chi connectivity index (χ3n) is 4.63. The molecule has 7 nitrogen and oxygen atoms in total. The average Bonchev–Trinajstić information content (AvgIpc) is 3.30. The van der Waals surface area contributed by atoms with Crippen molar-refractivity contribution < 1.29 is 4.74 Å². The zero-order chi connectivity index (χ0) is 17.5. The van der Waals surface area contributed by atoms with Crippen molar-refractivity contribution in [3.05, 3.63) is 42.5 Å². The second-order valence-corrected chi connectivity index (χ2v) is 7.31. The van der Waals surface area contributed by atoms with Crippen molar-refractivity contribution in [2.24, 2.45) is 7.05 Å². The Morgan fingerprint density at radius 3 is 3.00 bits per heavy atom. The van der Waals surface area contributed by atoms with E-state index < -0.39 is 0 Å². The maximum Gasteiger partial charge on any atom is 0.205 e. The van der Waals surface area contributed by atoms with E-state index in [1.165, 1.54) is 28.2 Å². The zero-order valence-electron chi connectivity index (χ0n) is 14.3. The van der Waals surface area contributed by atoms with Crippen molar-refractivity contribution >= 4 is 17.6 Å². The lowest BCUT2D eigenvalue weighted by molar-refractivity contribution is 0.481. The molecule has 2 aromatic carbocycles. The minimum Gasteiger partial charge on any atom is -0.457 e. The zero-order valence-corrected chi connectivity index (χ0v) is 15.1. The Morgan fingerprint density at radius 1 is 1.19 bits per heavy atom. The molecule has 8 heteroatoms. The number of tetrazole rings is 1. The Hall–Kier alpha value is -2.58. The quantitative estimate of drug-likeness (QED) is 0.714.